The van der Waals surface area contributed by atoms with Crippen molar-refractivity contribution in [1.29, 1.82) is 0 Å². The third kappa shape index (κ3) is 7.22. The molecule has 8 heteroatoms. The van der Waals surface area contributed by atoms with Crippen LogP contribution in [0.25, 0.3) is 11.3 Å². The number of likely N-dealkylation sites (tertiary alicyclic amines) is 1. The molecular weight excluding hydrogens is 492 g/mol. The van der Waals surface area contributed by atoms with Gasteiger partial charge in [-0.3, -0.25) is 9.78 Å². The van der Waals surface area contributed by atoms with E-state index in [4.69, 9.17) is 4.74 Å². The number of ether oxygens (including phenoxy) is 1. The van der Waals surface area contributed by atoms with Crippen molar-refractivity contribution in [3.8, 4) is 11.3 Å². The molecule has 2 N–H and O–H groups in total. The highest BCUT2D eigenvalue weighted by atomic mass is 16.6. The number of carbonyl (C=O) groups is 3. The lowest BCUT2D eigenvalue weighted by atomic mass is 10.0. The smallest absolute Gasteiger partial charge is 0.338 e. The Morgan fingerprint density at radius 2 is 1.59 bits per heavy atom. The second-order valence-corrected chi connectivity index (χ2v) is 11.1. The summed E-state index contributed by atoms with van der Waals surface area (Å²) in [5.74, 6) is -0.206. The summed E-state index contributed by atoms with van der Waals surface area (Å²) in [5, 5.41) is 5.80. The number of nitrogens with one attached hydrogen (secondary N) is 2. The summed E-state index contributed by atoms with van der Waals surface area (Å²) in [6.45, 7) is 10.2. The molecular formula is C31H36N4O4. The SMILES string of the molecule is CC(C)c1ccc(NC(=O)N2CCC[C@@H]2C(=O)Nc2ccc(-c3ccc(C(=O)OC(C)(C)C)cc3)nc2)cc1. The molecule has 0 unspecified atom stereocenters. The van der Waals surface area contributed by atoms with Crippen LogP contribution < -0.4 is 10.6 Å². The van der Waals surface area contributed by atoms with Crippen LogP contribution in [-0.2, 0) is 9.53 Å². The number of urea groups is 1. The lowest BCUT2D eigenvalue weighted by molar-refractivity contribution is -0.119. The van der Waals surface area contributed by atoms with Crippen molar-refractivity contribution in [1.82, 2.24) is 9.88 Å². The van der Waals surface area contributed by atoms with Crippen LogP contribution in [-0.4, -0.2) is 46.0 Å². The fraction of sp³-hybridized carbons (Fsp3) is 0.355. The van der Waals surface area contributed by atoms with Crippen LogP contribution in [0.1, 0.15) is 69.3 Å². The van der Waals surface area contributed by atoms with Crippen LogP contribution in [0.3, 0.4) is 0 Å². The Labute approximate surface area is 229 Å². The molecule has 2 heterocycles. The quantitative estimate of drug-likeness (QED) is 0.358. The third-order valence-corrected chi connectivity index (χ3v) is 6.49. The van der Waals surface area contributed by atoms with Crippen molar-refractivity contribution in [2.24, 2.45) is 0 Å². The zero-order chi connectivity index (χ0) is 28.2. The number of pyridine rings is 1. The van der Waals surface area contributed by atoms with Crippen LogP contribution in [0.5, 0.6) is 0 Å². The molecule has 1 aliphatic rings. The molecule has 1 saturated heterocycles. The van der Waals surface area contributed by atoms with Gasteiger partial charge in [-0.2, -0.15) is 0 Å². The predicted molar refractivity (Wildman–Crippen MR) is 153 cm³/mol. The molecule has 39 heavy (non-hydrogen) atoms. The molecule has 0 radical (unpaired) electrons. The molecule has 0 bridgehead atoms. The molecule has 2 aromatic carbocycles. The van der Waals surface area contributed by atoms with Crippen molar-refractivity contribution in [2.45, 2.75) is 65.0 Å². The van der Waals surface area contributed by atoms with Gasteiger partial charge in [0.1, 0.15) is 11.6 Å². The average molecular weight is 529 g/mol. The first-order chi connectivity index (χ1) is 18.5. The number of anilines is 2. The summed E-state index contributed by atoms with van der Waals surface area (Å²) < 4.78 is 5.40. The average Bonchev–Trinajstić information content (AvgIpc) is 3.39. The van der Waals surface area contributed by atoms with Crippen molar-refractivity contribution in [3.63, 3.8) is 0 Å². The van der Waals surface area contributed by atoms with E-state index in [1.807, 2.05) is 57.2 Å². The van der Waals surface area contributed by atoms with Crippen LogP contribution >= 0.6 is 0 Å². The minimum atomic E-state index is -0.559. The van der Waals surface area contributed by atoms with Gasteiger partial charge in [0.05, 0.1) is 23.1 Å². The van der Waals surface area contributed by atoms with Crippen LogP contribution in [0, 0.1) is 0 Å². The molecule has 4 rings (SSSR count). The number of amides is 3. The van der Waals surface area contributed by atoms with E-state index >= 15 is 0 Å². The van der Waals surface area contributed by atoms with E-state index in [-0.39, 0.29) is 17.9 Å². The zero-order valence-corrected chi connectivity index (χ0v) is 23.2. The van der Waals surface area contributed by atoms with Crippen molar-refractivity contribution in [2.75, 3.05) is 17.2 Å². The number of hydrogen-bond donors (Lipinski definition) is 2. The summed E-state index contributed by atoms with van der Waals surface area (Å²) >= 11 is 0. The number of esters is 1. The second kappa shape index (κ2) is 11.7. The Bertz CT molecular complexity index is 1310. The Morgan fingerprint density at radius 3 is 2.18 bits per heavy atom. The topological polar surface area (TPSA) is 101 Å². The number of hydrogen-bond acceptors (Lipinski definition) is 5. The normalized spacial score (nSPS) is 15.2. The van der Waals surface area contributed by atoms with Crippen molar-refractivity contribution < 1.29 is 19.1 Å². The highest BCUT2D eigenvalue weighted by Crippen LogP contribution is 2.24. The Morgan fingerprint density at radius 1 is 0.923 bits per heavy atom. The van der Waals surface area contributed by atoms with E-state index in [2.05, 4.69) is 29.5 Å². The van der Waals surface area contributed by atoms with Gasteiger partial charge in [-0.25, -0.2) is 9.59 Å². The fourth-order valence-electron chi connectivity index (χ4n) is 4.41. The fourth-order valence-corrected chi connectivity index (χ4v) is 4.41. The van der Waals surface area contributed by atoms with Crippen LogP contribution in [0.2, 0.25) is 0 Å². The minimum Gasteiger partial charge on any atom is -0.456 e. The third-order valence-electron chi connectivity index (χ3n) is 6.49. The highest BCUT2D eigenvalue weighted by Gasteiger charge is 2.34. The van der Waals surface area contributed by atoms with Gasteiger partial charge >= 0.3 is 12.0 Å². The maximum atomic E-state index is 13.1. The number of aromatic nitrogens is 1. The maximum absolute atomic E-state index is 13.1. The zero-order valence-electron chi connectivity index (χ0n) is 23.2. The Hall–Kier alpha value is -4.20. The Kier molecular flexibility index (Phi) is 8.33. The first kappa shape index (κ1) is 27.8. The van der Waals surface area contributed by atoms with Gasteiger partial charge in [-0.05, 0) is 81.5 Å². The molecule has 0 saturated carbocycles. The van der Waals surface area contributed by atoms with E-state index in [0.29, 0.717) is 41.5 Å². The standard InChI is InChI=1S/C31H36N4O4/c1-20(2)21-12-14-24(15-13-21)34-30(38)35-18-6-7-27(35)28(36)33-25-16-17-26(32-19-25)22-8-10-23(11-9-22)29(37)39-31(3,4)5/h8-17,19-20,27H,6-7,18H2,1-5H3,(H,33,36)(H,34,38)/t27-/m1/s1. The van der Waals surface area contributed by atoms with Gasteiger partial charge in [0.25, 0.3) is 0 Å². The van der Waals surface area contributed by atoms with E-state index in [9.17, 15) is 14.4 Å². The van der Waals surface area contributed by atoms with Crippen molar-refractivity contribution in [3.05, 3.63) is 78.0 Å². The van der Waals surface area contributed by atoms with Gasteiger partial charge in [0, 0.05) is 17.8 Å². The molecule has 1 aromatic heterocycles. The van der Waals surface area contributed by atoms with E-state index in [1.165, 1.54) is 5.56 Å². The lowest BCUT2D eigenvalue weighted by Crippen LogP contribution is -2.45. The molecule has 204 valence electrons. The van der Waals surface area contributed by atoms with Gasteiger partial charge in [0.2, 0.25) is 5.91 Å². The van der Waals surface area contributed by atoms with Crippen molar-refractivity contribution >= 4 is 29.3 Å². The van der Waals surface area contributed by atoms with Gasteiger partial charge in [0.15, 0.2) is 0 Å². The van der Waals surface area contributed by atoms with E-state index < -0.39 is 11.6 Å². The summed E-state index contributed by atoms with van der Waals surface area (Å²) in [6, 6.07) is 17.5. The monoisotopic (exact) mass is 528 g/mol. The van der Waals surface area contributed by atoms with E-state index in [0.717, 1.165) is 12.0 Å². The predicted octanol–water partition coefficient (Wildman–Crippen LogP) is 6.46. The van der Waals surface area contributed by atoms with Gasteiger partial charge in [-0.15, -0.1) is 0 Å². The minimum absolute atomic E-state index is 0.242. The second-order valence-electron chi connectivity index (χ2n) is 11.1. The Balaban J connectivity index is 1.35. The molecule has 1 atom stereocenters. The molecule has 3 amide bonds. The lowest BCUT2D eigenvalue weighted by Gasteiger charge is -2.24. The largest absolute Gasteiger partial charge is 0.456 e. The number of nitrogens with zero attached hydrogens (tertiary/aromatic N) is 2. The molecule has 1 fully saturated rings. The summed E-state index contributed by atoms with van der Waals surface area (Å²) in [7, 11) is 0. The van der Waals surface area contributed by atoms with Gasteiger partial charge in [-0.1, -0.05) is 38.1 Å². The number of benzene rings is 2. The molecule has 0 spiro atoms. The number of carbonyl (C=O) groups excluding carboxylic acids is 3. The first-order valence-electron chi connectivity index (χ1n) is 13.3. The van der Waals surface area contributed by atoms with Crippen LogP contribution in [0.15, 0.2) is 66.9 Å². The summed E-state index contributed by atoms with van der Waals surface area (Å²) in [4.78, 5) is 44.3. The number of rotatable bonds is 6. The molecule has 8 nitrogen and oxygen atoms in total. The van der Waals surface area contributed by atoms with Crippen LogP contribution in [0.4, 0.5) is 16.2 Å². The molecule has 3 aromatic rings. The summed E-state index contributed by atoms with van der Waals surface area (Å²) in [6.07, 6.45) is 2.94. The highest BCUT2D eigenvalue weighted by molar-refractivity contribution is 5.99. The molecule has 0 aliphatic carbocycles. The van der Waals surface area contributed by atoms with E-state index in [1.54, 1.807) is 35.4 Å². The first-order valence-corrected chi connectivity index (χ1v) is 13.3. The van der Waals surface area contributed by atoms with Gasteiger partial charge < -0.3 is 20.3 Å². The maximum Gasteiger partial charge on any atom is 0.338 e. The summed E-state index contributed by atoms with van der Waals surface area (Å²) in [5.41, 5.74) is 3.89. The molecule has 1 aliphatic heterocycles.